The Morgan fingerprint density at radius 3 is 2.43 bits per heavy atom. The monoisotopic (exact) mass is 327 g/mol. The normalized spacial score (nSPS) is 10.5. The molecule has 0 amide bonds. The maximum atomic E-state index is 13.8. The molecule has 2 rings (SSSR count). The topological polar surface area (TPSA) is 60.2 Å². The van der Waals surface area contributed by atoms with Gasteiger partial charge in [-0.15, -0.1) is 0 Å². The molecule has 0 N–H and O–H groups in total. The molecule has 0 aliphatic rings. The maximum absolute atomic E-state index is 13.8. The van der Waals surface area contributed by atoms with Crippen molar-refractivity contribution in [2.24, 2.45) is 0 Å². The van der Waals surface area contributed by atoms with E-state index in [1.54, 1.807) is 0 Å². The number of aryl methyl sites for hydroxylation is 1. The molecule has 0 atom stereocenters. The number of hydrogen-bond acceptors (Lipinski definition) is 3. The van der Waals surface area contributed by atoms with Crippen LogP contribution in [0.5, 0.6) is 0 Å². The molecule has 4 nitrogen and oxygen atoms in total. The zero-order valence-electron chi connectivity index (χ0n) is 10.7. The number of rotatable bonds is 3. The van der Waals surface area contributed by atoms with Crippen molar-refractivity contribution >= 4 is 34.7 Å². The number of hydrogen-bond donors (Lipinski definition) is 0. The van der Waals surface area contributed by atoms with E-state index in [-0.39, 0.29) is 32.4 Å². The molecule has 7 heteroatoms. The molecular formula is C14H8Cl2FNO3. The number of ketones is 1. The quantitative estimate of drug-likeness (QED) is 0.471. The molecule has 108 valence electrons. The Kier molecular flexibility index (Phi) is 4.25. The molecule has 0 spiro atoms. The summed E-state index contributed by atoms with van der Waals surface area (Å²) in [6.07, 6.45) is 0. The first kappa shape index (κ1) is 15.4. The fourth-order valence-electron chi connectivity index (χ4n) is 1.86. The van der Waals surface area contributed by atoms with E-state index in [0.29, 0.717) is 0 Å². The van der Waals surface area contributed by atoms with Crippen molar-refractivity contribution in [1.82, 2.24) is 0 Å². The third-order valence-electron chi connectivity index (χ3n) is 2.90. The fraction of sp³-hybridized carbons (Fsp3) is 0.0714. The largest absolute Gasteiger partial charge is 0.288 e. The van der Waals surface area contributed by atoms with E-state index in [0.717, 1.165) is 12.1 Å². The highest BCUT2D eigenvalue weighted by Crippen LogP contribution is 2.29. The molecule has 0 saturated heterocycles. The second-order valence-electron chi connectivity index (χ2n) is 4.33. The van der Waals surface area contributed by atoms with Crippen molar-refractivity contribution < 1.29 is 14.1 Å². The molecule has 0 aliphatic heterocycles. The number of carbonyl (C=O) groups is 1. The Hall–Kier alpha value is -1.98. The number of carbonyl (C=O) groups excluding carboxylic acids is 1. The highest BCUT2D eigenvalue weighted by Gasteiger charge is 2.21. The van der Waals surface area contributed by atoms with E-state index in [1.807, 2.05) is 0 Å². The van der Waals surface area contributed by atoms with Crippen LogP contribution in [0.2, 0.25) is 10.0 Å². The first-order valence-corrected chi connectivity index (χ1v) is 6.51. The summed E-state index contributed by atoms with van der Waals surface area (Å²) in [6, 6.07) is 5.99. The third-order valence-corrected chi connectivity index (χ3v) is 3.45. The third kappa shape index (κ3) is 3.04. The summed E-state index contributed by atoms with van der Waals surface area (Å²) in [5.41, 5.74) is -0.134. The van der Waals surface area contributed by atoms with E-state index in [4.69, 9.17) is 23.2 Å². The Balaban J connectivity index is 2.54. The van der Waals surface area contributed by atoms with Gasteiger partial charge in [0.2, 0.25) is 0 Å². The van der Waals surface area contributed by atoms with Crippen molar-refractivity contribution in [3.8, 4) is 0 Å². The lowest BCUT2D eigenvalue weighted by Gasteiger charge is -2.07. The highest BCUT2D eigenvalue weighted by atomic mass is 35.5. The zero-order valence-corrected chi connectivity index (χ0v) is 12.2. The lowest BCUT2D eigenvalue weighted by atomic mass is 10.0. The summed E-state index contributed by atoms with van der Waals surface area (Å²) in [5.74, 6) is -1.44. The van der Waals surface area contributed by atoms with Crippen LogP contribution in [0.3, 0.4) is 0 Å². The SMILES string of the molecule is Cc1cc(C(=O)c2ccc(Cl)cc2F)c(Cl)cc1[N+](=O)[O-]. The summed E-state index contributed by atoms with van der Waals surface area (Å²) >= 11 is 11.5. The predicted molar refractivity (Wildman–Crippen MR) is 77.7 cm³/mol. The molecule has 0 aromatic heterocycles. The summed E-state index contributed by atoms with van der Waals surface area (Å²) in [7, 11) is 0. The number of nitro groups is 1. The van der Waals surface area contributed by atoms with Gasteiger partial charge < -0.3 is 0 Å². The van der Waals surface area contributed by atoms with Gasteiger partial charge in [0.05, 0.1) is 15.5 Å². The van der Waals surface area contributed by atoms with Crippen LogP contribution in [0.1, 0.15) is 21.5 Å². The van der Waals surface area contributed by atoms with Gasteiger partial charge in [-0.05, 0) is 31.2 Å². The second kappa shape index (κ2) is 5.79. The van der Waals surface area contributed by atoms with Gasteiger partial charge in [0.25, 0.3) is 5.69 Å². The van der Waals surface area contributed by atoms with Crippen molar-refractivity contribution in [3.05, 3.63) is 73.0 Å². The molecular weight excluding hydrogens is 320 g/mol. The molecule has 0 radical (unpaired) electrons. The molecule has 21 heavy (non-hydrogen) atoms. The van der Waals surface area contributed by atoms with Crippen molar-refractivity contribution in [2.45, 2.75) is 6.92 Å². The van der Waals surface area contributed by atoms with Gasteiger partial charge in [-0.1, -0.05) is 23.2 Å². The Morgan fingerprint density at radius 1 is 1.19 bits per heavy atom. The highest BCUT2D eigenvalue weighted by molar-refractivity contribution is 6.35. The standard InChI is InChI=1S/C14H8Cl2FNO3/c1-7-4-10(11(16)6-13(7)18(20)21)14(19)9-3-2-8(15)5-12(9)17/h2-6H,1H3. The van der Waals surface area contributed by atoms with E-state index >= 15 is 0 Å². The van der Waals surface area contributed by atoms with Crippen LogP contribution in [-0.4, -0.2) is 10.7 Å². The number of nitro benzene ring substituents is 1. The predicted octanol–water partition coefficient (Wildman–Crippen LogP) is 4.58. The average molecular weight is 328 g/mol. The summed E-state index contributed by atoms with van der Waals surface area (Å²) < 4.78 is 13.8. The minimum Gasteiger partial charge on any atom is -0.288 e. The van der Waals surface area contributed by atoms with Crippen LogP contribution in [0.4, 0.5) is 10.1 Å². The minimum atomic E-state index is -0.778. The van der Waals surface area contributed by atoms with Gasteiger partial charge in [-0.25, -0.2) is 4.39 Å². The van der Waals surface area contributed by atoms with Gasteiger partial charge in [0.15, 0.2) is 5.78 Å². The second-order valence-corrected chi connectivity index (χ2v) is 5.17. The Morgan fingerprint density at radius 2 is 1.86 bits per heavy atom. The van der Waals surface area contributed by atoms with Gasteiger partial charge in [0, 0.05) is 22.2 Å². The maximum Gasteiger partial charge on any atom is 0.273 e. The molecule has 0 unspecified atom stereocenters. The van der Waals surface area contributed by atoms with Crippen LogP contribution in [0.25, 0.3) is 0 Å². The zero-order chi connectivity index (χ0) is 15.7. The van der Waals surface area contributed by atoms with Crippen LogP contribution in [0, 0.1) is 22.9 Å². The fourth-order valence-corrected chi connectivity index (χ4v) is 2.26. The van der Waals surface area contributed by atoms with Gasteiger partial charge in [-0.3, -0.25) is 14.9 Å². The minimum absolute atomic E-state index is 0.000916. The van der Waals surface area contributed by atoms with Crippen LogP contribution in [0.15, 0.2) is 30.3 Å². The number of halogens is 3. The summed E-state index contributed by atoms with van der Waals surface area (Å²) in [6.45, 7) is 1.48. The van der Waals surface area contributed by atoms with Crippen molar-refractivity contribution in [2.75, 3.05) is 0 Å². The molecule has 0 aliphatic carbocycles. The van der Waals surface area contributed by atoms with Gasteiger partial charge in [0.1, 0.15) is 5.82 Å². The number of benzene rings is 2. The summed E-state index contributed by atoms with van der Waals surface area (Å²) in [4.78, 5) is 22.5. The lowest BCUT2D eigenvalue weighted by Crippen LogP contribution is -2.06. The first-order chi connectivity index (χ1) is 9.81. The smallest absolute Gasteiger partial charge is 0.273 e. The summed E-state index contributed by atoms with van der Waals surface area (Å²) in [5, 5.41) is 10.9. The average Bonchev–Trinajstić information content (AvgIpc) is 2.40. The molecule has 2 aromatic carbocycles. The van der Waals surface area contributed by atoms with Crippen LogP contribution < -0.4 is 0 Å². The van der Waals surface area contributed by atoms with E-state index in [2.05, 4.69) is 0 Å². The van der Waals surface area contributed by atoms with Crippen molar-refractivity contribution in [1.29, 1.82) is 0 Å². The van der Waals surface area contributed by atoms with Crippen LogP contribution >= 0.6 is 23.2 Å². The Bertz CT molecular complexity index is 762. The molecule has 0 bridgehead atoms. The van der Waals surface area contributed by atoms with Crippen LogP contribution in [-0.2, 0) is 0 Å². The van der Waals surface area contributed by atoms with E-state index < -0.39 is 16.5 Å². The molecule has 0 fully saturated rings. The van der Waals surface area contributed by atoms with E-state index in [1.165, 1.54) is 25.1 Å². The first-order valence-electron chi connectivity index (χ1n) is 5.75. The van der Waals surface area contributed by atoms with Crippen molar-refractivity contribution in [3.63, 3.8) is 0 Å². The Labute approximate surface area is 129 Å². The van der Waals surface area contributed by atoms with Gasteiger partial charge >= 0.3 is 0 Å². The molecule has 0 heterocycles. The number of nitrogens with zero attached hydrogens (tertiary/aromatic N) is 1. The lowest BCUT2D eigenvalue weighted by molar-refractivity contribution is -0.385. The van der Waals surface area contributed by atoms with E-state index in [9.17, 15) is 19.3 Å². The molecule has 2 aromatic rings. The van der Waals surface area contributed by atoms with Gasteiger partial charge in [-0.2, -0.15) is 0 Å². The molecule has 0 saturated carbocycles.